The van der Waals surface area contributed by atoms with E-state index in [0.29, 0.717) is 33.9 Å². The molecule has 5 heteroatoms. The van der Waals surface area contributed by atoms with Crippen molar-refractivity contribution >= 4 is 17.9 Å². The summed E-state index contributed by atoms with van der Waals surface area (Å²) in [6.45, 7) is -0.00887. The van der Waals surface area contributed by atoms with Gasteiger partial charge in [0.05, 0.1) is 7.11 Å². The standard InChI is InChI=1S/C15H12ClFO3/c1-19-14-5-2-10(8-18)6-15(14)20-9-11-7-12(16)3-4-13(11)17/h2-8H,9H2,1H3. The van der Waals surface area contributed by atoms with Crippen LogP contribution in [0.5, 0.6) is 11.5 Å². The van der Waals surface area contributed by atoms with Crippen molar-refractivity contribution < 1.29 is 18.7 Å². The predicted molar refractivity (Wildman–Crippen MR) is 74.1 cm³/mol. The number of carbonyl (C=O) groups is 1. The first-order valence-corrected chi connectivity index (χ1v) is 6.22. The number of hydrogen-bond donors (Lipinski definition) is 0. The van der Waals surface area contributed by atoms with E-state index in [1.54, 1.807) is 12.1 Å². The minimum atomic E-state index is -0.403. The van der Waals surface area contributed by atoms with Crippen LogP contribution >= 0.6 is 11.6 Å². The normalized spacial score (nSPS) is 10.2. The lowest BCUT2D eigenvalue weighted by molar-refractivity contribution is 0.112. The molecule has 0 radical (unpaired) electrons. The van der Waals surface area contributed by atoms with Crippen LogP contribution in [0.15, 0.2) is 36.4 Å². The molecule has 0 atom stereocenters. The van der Waals surface area contributed by atoms with Crippen LogP contribution in [0.4, 0.5) is 4.39 Å². The maximum atomic E-state index is 13.6. The molecular weight excluding hydrogens is 283 g/mol. The number of ether oxygens (including phenoxy) is 2. The Balaban J connectivity index is 2.21. The van der Waals surface area contributed by atoms with Gasteiger partial charge in [-0.1, -0.05) is 11.6 Å². The van der Waals surface area contributed by atoms with Gasteiger partial charge in [0.25, 0.3) is 0 Å². The summed E-state index contributed by atoms with van der Waals surface area (Å²) >= 11 is 5.81. The number of halogens is 2. The Kier molecular flexibility index (Phi) is 4.58. The van der Waals surface area contributed by atoms with Crippen LogP contribution in [0.3, 0.4) is 0 Å². The Labute approximate surface area is 120 Å². The summed E-state index contributed by atoms with van der Waals surface area (Å²) in [6, 6.07) is 9.00. The molecule has 2 aromatic carbocycles. The van der Waals surface area contributed by atoms with Gasteiger partial charge in [0, 0.05) is 16.1 Å². The first-order chi connectivity index (χ1) is 9.63. The van der Waals surface area contributed by atoms with Gasteiger partial charge >= 0.3 is 0 Å². The number of rotatable bonds is 5. The zero-order chi connectivity index (χ0) is 14.5. The summed E-state index contributed by atoms with van der Waals surface area (Å²) < 4.78 is 24.2. The quantitative estimate of drug-likeness (QED) is 0.785. The second-order valence-corrected chi connectivity index (χ2v) is 4.49. The Morgan fingerprint density at radius 1 is 1.20 bits per heavy atom. The number of benzene rings is 2. The lowest BCUT2D eigenvalue weighted by atomic mass is 10.2. The molecule has 104 valence electrons. The molecule has 0 fully saturated rings. The monoisotopic (exact) mass is 294 g/mol. The highest BCUT2D eigenvalue weighted by molar-refractivity contribution is 6.30. The highest BCUT2D eigenvalue weighted by Gasteiger charge is 2.08. The summed E-state index contributed by atoms with van der Waals surface area (Å²) in [4.78, 5) is 10.8. The molecule has 3 nitrogen and oxygen atoms in total. The summed E-state index contributed by atoms with van der Waals surface area (Å²) in [7, 11) is 1.49. The molecule has 0 saturated carbocycles. The van der Waals surface area contributed by atoms with Crippen LogP contribution in [-0.2, 0) is 6.61 Å². The van der Waals surface area contributed by atoms with E-state index in [-0.39, 0.29) is 6.61 Å². The van der Waals surface area contributed by atoms with Crippen LogP contribution in [0.1, 0.15) is 15.9 Å². The molecule has 0 saturated heterocycles. The number of aldehydes is 1. The van der Waals surface area contributed by atoms with Crippen molar-refractivity contribution in [1.29, 1.82) is 0 Å². The first kappa shape index (κ1) is 14.3. The van der Waals surface area contributed by atoms with Gasteiger partial charge < -0.3 is 9.47 Å². The van der Waals surface area contributed by atoms with E-state index in [9.17, 15) is 9.18 Å². The smallest absolute Gasteiger partial charge is 0.162 e. The van der Waals surface area contributed by atoms with Crippen molar-refractivity contribution in [3.05, 3.63) is 58.4 Å². The third-order valence-electron chi connectivity index (χ3n) is 2.71. The molecule has 20 heavy (non-hydrogen) atoms. The Hall–Kier alpha value is -2.07. The fraction of sp³-hybridized carbons (Fsp3) is 0.133. The van der Waals surface area contributed by atoms with E-state index in [1.807, 2.05) is 0 Å². The van der Waals surface area contributed by atoms with E-state index in [0.717, 1.165) is 0 Å². The number of carbonyl (C=O) groups excluding carboxylic acids is 1. The van der Waals surface area contributed by atoms with Gasteiger partial charge in [0.15, 0.2) is 11.5 Å². The van der Waals surface area contributed by atoms with Crippen molar-refractivity contribution in [3.8, 4) is 11.5 Å². The highest BCUT2D eigenvalue weighted by Crippen LogP contribution is 2.29. The van der Waals surface area contributed by atoms with Crippen molar-refractivity contribution in [2.24, 2.45) is 0 Å². The third kappa shape index (κ3) is 3.27. The minimum Gasteiger partial charge on any atom is -0.493 e. The summed E-state index contributed by atoms with van der Waals surface area (Å²) in [5, 5.41) is 0.429. The fourth-order valence-corrected chi connectivity index (χ4v) is 1.88. The van der Waals surface area contributed by atoms with Gasteiger partial charge in [-0.15, -0.1) is 0 Å². The molecule has 0 aliphatic heterocycles. The number of hydrogen-bond acceptors (Lipinski definition) is 3. The SMILES string of the molecule is COc1ccc(C=O)cc1OCc1cc(Cl)ccc1F. The Bertz CT molecular complexity index is 629. The second-order valence-electron chi connectivity index (χ2n) is 4.05. The lowest BCUT2D eigenvalue weighted by Gasteiger charge is -2.11. The first-order valence-electron chi connectivity index (χ1n) is 5.84. The van der Waals surface area contributed by atoms with Crippen LogP contribution in [-0.4, -0.2) is 13.4 Å². The zero-order valence-corrected chi connectivity index (χ0v) is 11.5. The van der Waals surface area contributed by atoms with Crippen molar-refractivity contribution in [2.45, 2.75) is 6.61 Å². The Morgan fingerprint density at radius 2 is 2.00 bits per heavy atom. The lowest BCUT2D eigenvalue weighted by Crippen LogP contribution is -2.00. The summed E-state index contributed by atoms with van der Waals surface area (Å²) in [5.74, 6) is 0.439. The minimum absolute atomic E-state index is 0.00887. The van der Waals surface area contributed by atoms with Gasteiger partial charge in [-0.2, -0.15) is 0 Å². The summed E-state index contributed by atoms with van der Waals surface area (Å²) in [6.07, 6.45) is 0.701. The summed E-state index contributed by atoms with van der Waals surface area (Å²) in [5.41, 5.74) is 0.781. The molecule has 0 bridgehead atoms. The predicted octanol–water partition coefficient (Wildman–Crippen LogP) is 3.88. The molecule has 0 heterocycles. The average Bonchev–Trinajstić information content (AvgIpc) is 2.47. The zero-order valence-electron chi connectivity index (χ0n) is 10.7. The molecule has 0 N–H and O–H groups in total. The topological polar surface area (TPSA) is 35.5 Å². The van der Waals surface area contributed by atoms with Gasteiger partial charge in [0.1, 0.15) is 18.7 Å². The van der Waals surface area contributed by atoms with Crippen LogP contribution in [0.2, 0.25) is 5.02 Å². The molecule has 2 aromatic rings. The van der Waals surface area contributed by atoms with Crippen molar-refractivity contribution in [3.63, 3.8) is 0 Å². The van der Waals surface area contributed by atoms with E-state index in [2.05, 4.69) is 0 Å². The van der Waals surface area contributed by atoms with Gasteiger partial charge in [-0.05, 0) is 36.4 Å². The molecule has 0 unspecified atom stereocenters. The van der Waals surface area contributed by atoms with E-state index >= 15 is 0 Å². The fourth-order valence-electron chi connectivity index (χ4n) is 1.69. The Morgan fingerprint density at radius 3 is 2.70 bits per heavy atom. The van der Waals surface area contributed by atoms with Crippen molar-refractivity contribution in [1.82, 2.24) is 0 Å². The van der Waals surface area contributed by atoms with E-state index in [1.165, 1.54) is 31.4 Å². The van der Waals surface area contributed by atoms with Gasteiger partial charge in [-0.25, -0.2) is 4.39 Å². The van der Waals surface area contributed by atoms with Gasteiger partial charge in [-0.3, -0.25) is 4.79 Å². The molecule has 0 amide bonds. The highest BCUT2D eigenvalue weighted by atomic mass is 35.5. The van der Waals surface area contributed by atoms with E-state index < -0.39 is 5.82 Å². The maximum absolute atomic E-state index is 13.6. The van der Waals surface area contributed by atoms with Crippen LogP contribution in [0.25, 0.3) is 0 Å². The van der Waals surface area contributed by atoms with Crippen molar-refractivity contribution in [2.75, 3.05) is 7.11 Å². The number of methoxy groups -OCH3 is 1. The third-order valence-corrected chi connectivity index (χ3v) is 2.95. The van der Waals surface area contributed by atoms with E-state index in [4.69, 9.17) is 21.1 Å². The average molecular weight is 295 g/mol. The van der Waals surface area contributed by atoms with Gasteiger partial charge in [0.2, 0.25) is 0 Å². The van der Waals surface area contributed by atoms with Crippen LogP contribution in [0, 0.1) is 5.82 Å². The maximum Gasteiger partial charge on any atom is 0.162 e. The molecule has 0 spiro atoms. The molecule has 0 aromatic heterocycles. The second kappa shape index (κ2) is 6.39. The molecule has 2 rings (SSSR count). The molecular formula is C15H12ClFO3. The largest absolute Gasteiger partial charge is 0.493 e. The molecule has 0 aliphatic carbocycles. The molecule has 0 aliphatic rings. The van der Waals surface area contributed by atoms with Crippen LogP contribution < -0.4 is 9.47 Å².